The molecule has 1 aliphatic heterocycles. The SMILES string of the molecule is Cc1nc(-c2ccccc2)sc1CN1C(=O)N(C)c2ccc(-c3c(C)noc3C)cc2C1c1ccccc1. The summed E-state index contributed by atoms with van der Waals surface area (Å²) in [7, 11) is 1.85. The normalized spacial score (nSPS) is 15.2. The van der Waals surface area contributed by atoms with Crippen LogP contribution in [0.5, 0.6) is 0 Å². The van der Waals surface area contributed by atoms with Crippen LogP contribution in [0.25, 0.3) is 21.7 Å². The Bertz CT molecular complexity index is 1610. The molecule has 2 amide bonds. The van der Waals surface area contributed by atoms with E-state index in [1.807, 2.05) is 81.2 Å². The third-order valence-electron chi connectivity index (χ3n) is 7.19. The number of carbonyl (C=O) groups excluding carboxylic acids is 1. The van der Waals surface area contributed by atoms with Crippen LogP contribution in [0.15, 0.2) is 83.4 Å². The van der Waals surface area contributed by atoms with E-state index in [4.69, 9.17) is 9.51 Å². The molecule has 3 heterocycles. The quantitative estimate of drug-likeness (QED) is 0.240. The number of thiazole rings is 1. The van der Waals surface area contributed by atoms with Crippen LogP contribution >= 0.6 is 11.3 Å². The van der Waals surface area contributed by atoms with E-state index in [0.29, 0.717) is 6.54 Å². The first-order valence-electron chi connectivity index (χ1n) is 12.6. The van der Waals surface area contributed by atoms with Crippen LogP contribution < -0.4 is 4.90 Å². The van der Waals surface area contributed by atoms with Crippen molar-refractivity contribution < 1.29 is 9.32 Å². The number of fused-ring (bicyclic) bond motifs is 1. The van der Waals surface area contributed by atoms with Gasteiger partial charge in [-0.3, -0.25) is 4.90 Å². The maximum absolute atomic E-state index is 13.9. The molecular weight excluding hydrogens is 492 g/mol. The lowest BCUT2D eigenvalue weighted by Crippen LogP contribution is -2.47. The number of anilines is 1. The molecule has 0 saturated heterocycles. The van der Waals surface area contributed by atoms with Crippen LogP contribution in [0.4, 0.5) is 10.5 Å². The third-order valence-corrected chi connectivity index (χ3v) is 8.38. The van der Waals surface area contributed by atoms with Crippen molar-refractivity contribution in [3.8, 4) is 21.7 Å². The molecule has 6 rings (SSSR count). The van der Waals surface area contributed by atoms with Gasteiger partial charge in [0, 0.05) is 28.6 Å². The highest BCUT2D eigenvalue weighted by Crippen LogP contribution is 2.44. The summed E-state index contributed by atoms with van der Waals surface area (Å²) in [6.45, 7) is 6.38. The summed E-state index contributed by atoms with van der Waals surface area (Å²) in [5, 5.41) is 5.13. The summed E-state index contributed by atoms with van der Waals surface area (Å²) in [5.74, 6) is 0.782. The zero-order valence-corrected chi connectivity index (χ0v) is 22.6. The molecule has 1 atom stereocenters. The Morgan fingerprint density at radius 3 is 2.29 bits per heavy atom. The molecule has 1 unspecified atom stereocenters. The summed E-state index contributed by atoms with van der Waals surface area (Å²) in [6.07, 6.45) is 0. The van der Waals surface area contributed by atoms with Crippen molar-refractivity contribution in [3.05, 3.63) is 112 Å². The molecule has 0 radical (unpaired) electrons. The van der Waals surface area contributed by atoms with E-state index in [9.17, 15) is 4.79 Å². The zero-order valence-electron chi connectivity index (χ0n) is 21.8. The largest absolute Gasteiger partial charge is 0.361 e. The summed E-state index contributed by atoms with van der Waals surface area (Å²) < 4.78 is 5.46. The number of aryl methyl sites for hydroxylation is 3. The standard InChI is InChI=1S/C31H28N4O2S/c1-19-27(38-30(32-19)23-13-9-6-10-14-23)18-35-29(22-11-7-5-8-12-22)25-17-24(28-20(2)33-37-21(28)3)15-16-26(25)34(4)31(35)36/h5-17,29H,18H2,1-4H3. The van der Waals surface area contributed by atoms with E-state index < -0.39 is 0 Å². The van der Waals surface area contributed by atoms with Crippen molar-refractivity contribution in [2.75, 3.05) is 11.9 Å². The van der Waals surface area contributed by atoms with Gasteiger partial charge < -0.3 is 9.42 Å². The molecule has 0 saturated carbocycles. The van der Waals surface area contributed by atoms with E-state index in [-0.39, 0.29) is 12.1 Å². The summed E-state index contributed by atoms with van der Waals surface area (Å²) >= 11 is 1.65. The van der Waals surface area contributed by atoms with Crippen molar-refractivity contribution in [1.29, 1.82) is 0 Å². The van der Waals surface area contributed by atoms with E-state index in [1.54, 1.807) is 16.2 Å². The first kappa shape index (κ1) is 24.1. The monoisotopic (exact) mass is 520 g/mol. The number of hydrogen-bond acceptors (Lipinski definition) is 5. The van der Waals surface area contributed by atoms with Crippen LogP contribution in [0, 0.1) is 20.8 Å². The van der Waals surface area contributed by atoms with Crippen LogP contribution in [0.2, 0.25) is 0 Å². The first-order chi connectivity index (χ1) is 18.4. The molecule has 0 fully saturated rings. The van der Waals surface area contributed by atoms with Crippen molar-refractivity contribution >= 4 is 23.1 Å². The lowest BCUT2D eigenvalue weighted by atomic mass is 9.90. The fourth-order valence-corrected chi connectivity index (χ4v) is 6.36. The smallest absolute Gasteiger partial charge is 0.325 e. The molecule has 7 heteroatoms. The van der Waals surface area contributed by atoms with Crippen molar-refractivity contribution in [1.82, 2.24) is 15.0 Å². The third kappa shape index (κ3) is 4.09. The minimum Gasteiger partial charge on any atom is -0.361 e. The lowest BCUT2D eigenvalue weighted by Gasteiger charge is -2.41. The van der Waals surface area contributed by atoms with Gasteiger partial charge in [0.25, 0.3) is 0 Å². The van der Waals surface area contributed by atoms with E-state index in [0.717, 1.165) is 60.5 Å². The molecule has 0 spiro atoms. The summed E-state index contributed by atoms with van der Waals surface area (Å²) in [5.41, 5.74) is 7.96. The molecule has 38 heavy (non-hydrogen) atoms. The van der Waals surface area contributed by atoms with E-state index in [1.165, 1.54) is 0 Å². The topological polar surface area (TPSA) is 62.5 Å². The van der Waals surface area contributed by atoms with Gasteiger partial charge in [0.2, 0.25) is 0 Å². The number of rotatable bonds is 5. The highest BCUT2D eigenvalue weighted by Gasteiger charge is 2.38. The van der Waals surface area contributed by atoms with Crippen LogP contribution in [0.1, 0.15) is 39.2 Å². The number of aromatic nitrogens is 2. The Hall–Kier alpha value is -4.23. The predicted octanol–water partition coefficient (Wildman–Crippen LogP) is 7.55. The second-order valence-electron chi connectivity index (χ2n) is 9.65. The lowest BCUT2D eigenvalue weighted by molar-refractivity contribution is 0.185. The molecule has 5 aromatic rings. The van der Waals surface area contributed by atoms with Crippen LogP contribution in [-0.2, 0) is 6.54 Å². The molecule has 6 nitrogen and oxygen atoms in total. The zero-order chi connectivity index (χ0) is 26.4. The number of hydrogen-bond donors (Lipinski definition) is 0. The first-order valence-corrected chi connectivity index (χ1v) is 13.4. The molecule has 190 valence electrons. The number of benzene rings is 3. The molecule has 0 bridgehead atoms. The average molecular weight is 521 g/mol. The Morgan fingerprint density at radius 1 is 0.895 bits per heavy atom. The van der Waals surface area contributed by atoms with Gasteiger partial charge in [0.05, 0.1) is 29.7 Å². The fraction of sp³-hybridized carbons (Fsp3) is 0.194. The predicted molar refractivity (Wildman–Crippen MR) is 151 cm³/mol. The number of urea groups is 1. The molecule has 3 aromatic carbocycles. The molecule has 1 aliphatic rings. The Balaban J connectivity index is 1.47. The fourth-order valence-electron chi connectivity index (χ4n) is 5.29. The minimum absolute atomic E-state index is 0.0366. The Labute approximate surface area is 226 Å². The Morgan fingerprint density at radius 2 is 1.61 bits per heavy atom. The average Bonchev–Trinajstić information content (AvgIpc) is 3.48. The van der Waals surface area contributed by atoms with Gasteiger partial charge in [-0.15, -0.1) is 11.3 Å². The highest BCUT2D eigenvalue weighted by molar-refractivity contribution is 7.15. The van der Waals surface area contributed by atoms with Crippen molar-refractivity contribution in [3.63, 3.8) is 0 Å². The number of carbonyl (C=O) groups is 1. The number of nitrogens with zero attached hydrogens (tertiary/aromatic N) is 4. The molecule has 0 N–H and O–H groups in total. The van der Waals surface area contributed by atoms with Gasteiger partial charge in [-0.2, -0.15) is 0 Å². The molecule has 0 aliphatic carbocycles. The van der Waals surface area contributed by atoms with Gasteiger partial charge in [0.1, 0.15) is 10.8 Å². The van der Waals surface area contributed by atoms with Crippen molar-refractivity contribution in [2.45, 2.75) is 33.4 Å². The van der Waals surface area contributed by atoms with Gasteiger partial charge in [0.15, 0.2) is 0 Å². The summed E-state index contributed by atoms with van der Waals surface area (Å²) in [6, 6.07) is 26.4. The van der Waals surface area contributed by atoms with Gasteiger partial charge in [-0.05, 0) is 44.0 Å². The van der Waals surface area contributed by atoms with E-state index >= 15 is 0 Å². The maximum Gasteiger partial charge on any atom is 0.325 e. The minimum atomic E-state index is -0.253. The van der Waals surface area contributed by atoms with Gasteiger partial charge in [-0.25, -0.2) is 9.78 Å². The Kier molecular flexibility index (Phi) is 6.08. The maximum atomic E-state index is 13.9. The second-order valence-corrected chi connectivity index (χ2v) is 10.7. The second kappa shape index (κ2) is 9.58. The van der Waals surface area contributed by atoms with Crippen molar-refractivity contribution in [2.24, 2.45) is 0 Å². The van der Waals surface area contributed by atoms with Crippen LogP contribution in [0.3, 0.4) is 0 Å². The molecular formula is C31H28N4O2S. The number of amides is 2. The van der Waals surface area contributed by atoms with Crippen LogP contribution in [-0.4, -0.2) is 28.1 Å². The summed E-state index contributed by atoms with van der Waals surface area (Å²) in [4.78, 5) is 23.5. The molecule has 2 aromatic heterocycles. The van der Waals surface area contributed by atoms with Gasteiger partial charge in [-0.1, -0.05) is 71.9 Å². The van der Waals surface area contributed by atoms with E-state index in [2.05, 4.69) is 35.5 Å². The van der Waals surface area contributed by atoms with Gasteiger partial charge >= 0.3 is 6.03 Å². The highest BCUT2D eigenvalue weighted by atomic mass is 32.1.